The van der Waals surface area contributed by atoms with Gasteiger partial charge in [-0.05, 0) is 25.5 Å². The molecule has 1 aliphatic rings. The molecule has 2 rings (SSSR count). The summed E-state index contributed by atoms with van der Waals surface area (Å²) < 4.78 is 13.4. The molecule has 0 aromatic heterocycles. The topological polar surface area (TPSA) is 58.4 Å². The van der Waals surface area contributed by atoms with E-state index in [0.29, 0.717) is 17.8 Å². The van der Waals surface area contributed by atoms with Crippen LogP contribution in [-0.2, 0) is 0 Å². The molecular weight excluding hydrogens is 237 g/mol. The number of nitrogens with one attached hydrogen (secondary N) is 1. The molecule has 18 heavy (non-hydrogen) atoms. The van der Waals surface area contributed by atoms with E-state index >= 15 is 0 Å². The fourth-order valence-corrected chi connectivity index (χ4v) is 2.15. The first kappa shape index (κ1) is 12.8. The van der Waals surface area contributed by atoms with E-state index in [-0.39, 0.29) is 11.7 Å². The number of nitrogens with zero attached hydrogens (tertiary/aromatic N) is 2. The van der Waals surface area contributed by atoms with E-state index in [1.54, 1.807) is 13.0 Å². The summed E-state index contributed by atoms with van der Waals surface area (Å²) >= 11 is 0. The van der Waals surface area contributed by atoms with Crippen molar-refractivity contribution in [2.24, 2.45) is 0 Å². The molecule has 6 heteroatoms. The number of likely N-dealkylation sites (N-methyl/N-ethyl adjacent to an activating group) is 1. The third-order valence-electron chi connectivity index (χ3n) is 3.30. The molecule has 0 aliphatic carbocycles. The quantitative estimate of drug-likeness (QED) is 0.657. The van der Waals surface area contributed by atoms with Gasteiger partial charge >= 0.3 is 0 Å². The van der Waals surface area contributed by atoms with Crippen molar-refractivity contribution in [3.8, 4) is 0 Å². The lowest BCUT2D eigenvalue weighted by Crippen LogP contribution is -2.57. The second-order valence-electron chi connectivity index (χ2n) is 4.45. The van der Waals surface area contributed by atoms with E-state index < -0.39 is 10.7 Å². The van der Waals surface area contributed by atoms with Crippen molar-refractivity contribution < 1.29 is 9.31 Å². The predicted molar refractivity (Wildman–Crippen MR) is 67.5 cm³/mol. The maximum atomic E-state index is 13.4. The van der Waals surface area contributed by atoms with Crippen LogP contribution in [0, 0.1) is 22.9 Å². The standard InChI is InChI=1S/C12H16FN3O2/c1-3-15(9-6-14-7-9)11-4-8(2)10(13)5-12(11)16(17)18/h4-5,9,14H,3,6-7H2,1-2H3. The number of anilines is 1. The molecule has 0 bridgehead atoms. The zero-order valence-electron chi connectivity index (χ0n) is 10.4. The molecule has 0 spiro atoms. The van der Waals surface area contributed by atoms with E-state index in [1.165, 1.54) is 0 Å². The SMILES string of the molecule is CCN(c1cc(C)c(F)cc1[N+](=O)[O-])C1CNC1. The summed E-state index contributed by atoms with van der Waals surface area (Å²) in [5.41, 5.74) is 0.779. The van der Waals surface area contributed by atoms with Gasteiger partial charge in [0.2, 0.25) is 0 Å². The van der Waals surface area contributed by atoms with Crippen LogP contribution in [0.1, 0.15) is 12.5 Å². The molecule has 0 radical (unpaired) electrons. The number of nitro groups is 1. The van der Waals surface area contributed by atoms with E-state index in [9.17, 15) is 14.5 Å². The Morgan fingerprint density at radius 2 is 2.22 bits per heavy atom. The highest BCUT2D eigenvalue weighted by atomic mass is 19.1. The molecule has 0 amide bonds. The van der Waals surface area contributed by atoms with Crippen LogP contribution in [0.3, 0.4) is 0 Å². The molecule has 1 aliphatic heterocycles. The fourth-order valence-electron chi connectivity index (χ4n) is 2.15. The molecule has 0 unspecified atom stereocenters. The van der Waals surface area contributed by atoms with Crippen LogP contribution in [0.5, 0.6) is 0 Å². The molecule has 1 aromatic rings. The van der Waals surface area contributed by atoms with Crippen LogP contribution in [0.15, 0.2) is 12.1 Å². The van der Waals surface area contributed by atoms with Crippen molar-refractivity contribution in [1.29, 1.82) is 0 Å². The Kier molecular flexibility index (Phi) is 3.47. The summed E-state index contributed by atoms with van der Waals surface area (Å²) in [6, 6.07) is 2.83. The minimum Gasteiger partial charge on any atom is -0.361 e. The monoisotopic (exact) mass is 253 g/mol. The Hall–Kier alpha value is -1.69. The molecule has 1 heterocycles. The molecule has 1 fully saturated rings. The second kappa shape index (κ2) is 4.89. The van der Waals surface area contributed by atoms with Crippen molar-refractivity contribution >= 4 is 11.4 Å². The maximum Gasteiger partial charge on any atom is 0.295 e. The number of nitro benzene ring substituents is 1. The van der Waals surface area contributed by atoms with Crippen LogP contribution in [0.4, 0.5) is 15.8 Å². The van der Waals surface area contributed by atoms with Gasteiger partial charge < -0.3 is 10.2 Å². The lowest BCUT2D eigenvalue weighted by atomic mass is 10.1. The molecule has 1 N–H and O–H groups in total. The molecule has 0 saturated carbocycles. The minimum atomic E-state index is -0.534. The number of benzene rings is 1. The van der Waals surface area contributed by atoms with Crippen molar-refractivity contribution in [2.75, 3.05) is 24.5 Å². The first-order valence-corrected chi connectivity index (χ1v) is 5.96. The van der Waals surface area contributed by atoms with Gasteiger partial charge in [-0.1, -0.05) is 0 Å². The second-order valence-corrected chi connectivity index (χ2v) is 4.45. The van der Waals surface area contributed by atoms with Gasteiger partial charge in [-0.15, -0.1) is 0 Å². The highest BCUT2D eigenvalue weighted by Gasteiger charge is 2.29. The lowest BCUT2D eigenvalue weighted by molar-refractivity contribution is -0.384. The van der Waals surface area contributed by atoms with Gasteiger partial charge in [-0.2, -0.15) is 0 Å². The average molecular weight is 253 g/mol. The summed E-state index contributed by atoms with van der Waals surface area (Å²) in [7, 11) is 0. The third-order valence-corrected chi connectivity index (χ3v) is 3.30. The summed E-state index contributed by atoms with van der Waals surface area (Å²) in [5, 5.41) is 14.2. The largest absolute Gasteiger partial charge is 0.361 e. The molecule has 0 atom stereocenters. The zero-order chi connectivity index (χ0) is 13.3. The Morgan fingerprint density at radius 1 is 1.56 bits per heavy atom. The first-order chi connectivity index (χ1) is 8.54. The van der Waals surface area contributed by atoms with Crippen molar-refractivity contribution in [3.63, 3.8) is 0 Å². The summed E-state index contributed by atoms with van der Waals surface area (Å²) in [5.74, 6) is -0.534. The van der Waals surface area contributed by atoms with Crippen molar-refractivity contribution in [3.05, 3.63) is 33.6 Å². The first-order valence-electron chi connectivity index (χ1n) is 5.96. The Morgan fingerprint density at radius 3 is 2.67 bits per heavy atom. The highest BCUT2D eigenvalue weighted by Crippen LogP contribution is 2.32. The molecule has 98 valence electrons. The fraction of sp³-hybridized carbons (Fsp3) is 0.500. The predicted octanol–water partition coefficient (Wildman–Crippen LogP) is 1.84. The Balaban J connectivity index is 2.46. The summed E-state index contributed by atoms with van der Waals surface area (Å²) in [6.45, 7) is 5.84. The van der Waals surface area contributed by atoms with E-state index in [1.807, 2.05) is 11.8 Å². The van der Waals surface area contributed by atoms with E-state index in [2.05, 4.69) is 5.32 Å². The number of rotatable bonds is 4. The van der Waals surface area contributed by atoms with Gasteiger partial charge in [0.1, 0.15) is 11.5 Å². The van der Waals surface area contributed by atoms with Crippen LogP contribution in [0.25, 0.3) is 0 Å². The van der Waals surface area contributed by atoms with E-state index in [0.717, 1.165) is 19.2 Å². The summed E-state index contributed by atoms with van der Waals surface area (Å²) in [4.78, 5) is 12.5. The molecular formula is C12H16FN3O2. The maximum absolute atomic E-state index is 13.4. The number of hydrogen-bond donors (Lipinski definition) is 1. The number of aryl methyl sites for hydroxylation is 1. The number of halogens is 1. The van der Waals surface area contributed by atoms with E-state index in [4.69, 9.17) is 0 Å². The molecule has 1 aromatic carbocycles. The zero-order valence-corrected chi connectivity index (χ0v) is 10.4. The third kappa shape index (κ3) is 2.15. The van der Waals surface area contributed by atoms with Crippen LogP contribution >= 0.6 is 0 Å². The van der Waals surface area contributed by atoms with Crippen LogP contribution < -0.4 is 10.2 Å². The lowest BCUT2D eigenvalue weighted by Gasteiger charge is -2.39. The van der Waals surface area contributed by atoms with Gasteiger partial charge in [0.25, 0.3) is 5.69 Å². The van der Waals surface area contributed by atoms with Gasteiger partial charge in [0.15, 0.2) is 0 Å². The Labute approximate surface area is 105 Å². The Bertz CT molecular complexity index is 475. The average Bonchev–Trinajstić information content (AvgIpc) is 2.26. The van der Waals surface area contributed by atoms with Gasteiger partial charge in [0, 0.05) is 19.6 Å². The minimum absolute atomic E-state index is 0.160. The molecule has 5 nitrogen and oxygen atoms in total. The molecule has 1 saturated heterocycles. The van der Waals surface area contributed by atoms with Gasteiger partial charge in [-0.3, -0.25) is 10.1 Å². The van der Waals surface area contributed by atoms with Crippen molar-refractivity contribution in [1.82, 2.24) is 5.32 Å². The van der Waals surface area contributed by atoms with Gasteiger partial charge in [-0.25, -0.2) is 4.39 Å². The normalized spacial score (nSPS) is 15.3. The van der Waals surface area contributed by atoms with Crippen molar-refractivity contribution in [2.45, 2.75) is 19.9 Å². The van der Waals surface area contributed by atoms with Crippen LogP contribution in [-0.4, -0.2) is 30.6 Å². The summed E-state index contributed by atoms with van der Waals surface area (Å²) in [6.07, 6.45) is 0. The number of hydrogen-bond acceptors (Lipinski definition) is 4. The highest BCUT2D eigenvalue weighted by molar-refractivity contribution is 5.65. The van der Waals surface area contributed by atoms with Gasteiger partial charge in [0.05, 0.1) is 17.0 Å². The smallest absolute Gasteiger partial charge is 0.295 e. The van der Waals surface area contributed by atoms with Crippen LogP contribution in [0.2, 0.25) is 0 Å².